The minimum atomic E-state index is -0.214. The van der Waals surface area contributed by atoms with Crippen LogP contribution >= 0.6 is 11.8 Å². The third-order valence-electron chi connectivity index (χ3n) is 0.938. The highest BCUT2D eigenvalue weighted by atomic mass is 32.2. The molecule has 1 aromatic rings. The second-order valence-corrected chi connectivity index (χ2v) is 2.38. The Morgan fingerprint density at radius 1 is 1.70 bits per heavy atom. The number of nitrogens with one attached hydrogen (secondary N) is 1. The highest BCUT2D eigenvalue weighted by Gasteiger charge is 1.94. The normalized spacial score (nSPS) is 8.70. The first-order chi connectivity index (χ1) is 4.84. The molecule has 0 unspecified atom stereocenters. The topological polar surface area (TPSA) is 56.6 Å². The van der Waals surface area contributed by atoms with Gasteiger partial charge in [-0.2, -0.15) is 5.26 Å². The summed E-state index contributed by atoms with van der Waals surface area (Å²) in [6.45, 7) is 0. The summed E-state index contributed by atoms with van der Waals surface area (Å²) < 4.78 is 0. The molecule has 1 aromatic heterocycles. The van der Waals surface area contributed by atoms with E-state index in [0.717, 1.165) is 11.8 Å². The van der Waals surface area contributed by atoms with E-state index in [4.69, 9.17) is 5.26 Å². The van der Waals surface area contributed by atoms with Crippen LogP contribution in [-0.2, 0) is 0 Å². The quantitative estimate of drug-likeness (QED) is 0.481. The lowest BCUT2D eigenvalue weighted by Gasteiger charge is -1.87. The molecule has 0 aliphatic carbocycles. The van der Waals surface area contributed by atoms with E-state index in [0.29, 0.717) is 4.90 Å². The first kappa shape index (κ1) is 6.90. The van der Waals surface area contributed by atoms with Crippen molar-refractivity contribution in [2.24, 2.45) is 0 Å². The van der Waals surface area contributed by atoms with Gasteiger partial charge in [-0.05, 0) is 23.9 Å². The molecule has 0 saturated heterocycles. The predicted molar refractivity (Wildman–Crippen MR) is 38.5 cm³/mol. The van der Waals surface area contributed by atoms with E-state index in [1.54, 1.807) is 12.1 Å². The maximum absolute atomic E-state index is 10.8. The van der Waals surface area contributed by atoms with Crippen molar-refractivity contribution in [3.8, 4) is 5.40 Å². The fourth-order valence-electron chi connectivity index (χ4n) is 0.536. The molecule has 0 radical (unpaired) electrons. The zero-order chi connectivity index (χ0) is 7.40. The van der Waals surface area contributed by atoms with E-state index in [9.17, 15) is 4.79 Å². The first-order valence-corrected chi connectivity index (χ1v) is 3.40. The van der Waals surface area contributed by atoms with Crippen LogP contribution in [0.3, 0.4) is 0 Å². The summed E-state index contributed by atoms with van der Waals surface area (Å²) in [7, 11) is 0. The number of thioether (sulfide) groups is 1. The molecule has 0 aliphatic rings. The van der Waals surface area contributed by atoms with E-state index < -0.39 is 0 Å². The smallest absolute Gasteiger partial charge is 0.262 e. The van der Waals surface area contributed by atoms with Gasteiger partial charge in [-0.1, -0.05) is 0 Å². The molecular weight excluding hydrogens is 148 g/mol. The number of hydrogen-bond acceptors (Lipinski definition) is 3. The van der Waals surface area contributed by atoms with Crippen molar-refractivity contribution in [3.63, 3.8) is 0 Å². The Hall–Kier alpha value is -1.21. The third-order valence-corrected chi connectivity index (χ3v) is 1.57. The van der Waals surface area contributed by atoms with Crippen LogP contribution < -0.4 is 5.56 Å². The number of pyridine rings is 1. The number of thiocyanates is 1. The molecule has 50 valence electrons. The molecule has 1 rings (SSSR count). The SMILES string of the molecule is N#CSc1ccc[nH]c1=O. The van der Waals surface area contributed by atoms with Gasteiger partial charge in [0, 0.05) is 6.20 Å². The Kier molecular flexibility index (Phi) is 2.13. The van der Waals surface area contributed by atoms with Gasteiger partial charge < -0.3 is 4.98 Å². The van der Waals surface area contributed by atoms with Crippen molar-refractivity contribution in [3.05, 3.63) is 28.7 Å². The second-order valence-electron chi connectivity index (χ2n) is 1.56. The number of aromatic amines is 1. The maximum atomic E-state index is 10.8. The van der Waals surface area contributed by atoms with Crippen molar-refractivity contribution in [1.82, 2.24) is 4.98 Å². The van der Waals surface area contributed by atoms with Crippen LogP contribution in [0.15, 0.2) is 28.0 Å². The third kappa shape index (κ3) is 1.39. The van der Waals surface area contributed by atoms with Crippen LogP contribution in [0.1, 0.15) is 0 Å². The van der Waals surface area contributed by atoms with Gasteiger partial charge in [0.15, 0.2) is 0 Å². The molecule has 0 spiro atoms. The van der Waals surface area contributed by atoms with E-state index in [2.05, 4.69) is 4.98 Å². The van der Waals surface area contributed by atoms with Crippen molar-refractivity contribution in [2.45, 2.75) is 4.90 Å². The highest BCUT2D eigenvalue weighted by Crippen LogP contribution is 2.08. The fraction of sp³-hybridized carbons (Fsp3) is 0. The summed E-state index contributed by atoms with van der Waals surface area (Å²) in [6, 6.07) is 3.29. The number of nitrogens with zero attached hydrogens (tertiary/aromatic N) is 1. The van der Waals surface area contributed by atoms with E-state index >= 15 is 0 Å². The molecule has 0 aliphatic heterocycles. The minimum Gasteiger partial charge on any atom is -0.328 e. The summed E-state index contributed by atoms with van der Waals surface area (Å²) >= 11 is 0.864. The van der Waals surface area contributed by atoms with Crippen LogP contribution in [0.2, 0.25) is 0 Å². The molecule has 1 heterocycles. The predicted octanol–water partition coefficient (Wildman–Crippen LogP) is 0.948. The molecule has 0 amide bonds. The van der Waals surface area contributed by atoms with Gasteiger partial charge in [0.1, 0.15) is 5.40 Å². The van der Waals surface area contributed by atoms with Crippen molar-refractivity contribution < 1.29 is 0 Å². The summed E-state index contributed by atoms with van der Waals surface area (Å²) in [5, 5.41) is 10.0. The highest BCUT2D eigenvalue weighted by molar-refractivity contribution is 8.03. The molecular formula is C6H4N2OS. The van der Waals surface area contributed by atoms with Gasteiger partial charge in [0.05, 0.1) is 4.90 Å². The van der Waals surface area contributed by atoms with Crippen LogP contribution in [-0.4, -0.2) is 4.98 Å². The molecule has 4 heteroatoms. The van der Waals surface area contributed by atoms with Crippen molar-refractivity contribution in [2.75, 3.05) is 0 Å². The Morgan fingerprint density at radius 2 is 2.50 bits per heavy atom. The second kappa shape index (κ2) is 3.08. The number of H-pyrrole nitrogens is 1. The van der Waals surface area contributed by atoms with Gasteiger partial charge in [-0.25, -0.2) is 0 Å². The number of rotatable bonds is 1. The Labute approximate surface area is 61.7 Å². The van der Waals surface area contributed by atoms with Crippen molar-refractivity contribution >= 4 is 11.8 Å². The van der Waals surface area contributed by atoms with Crippen LogP contribution in [0, 0.1) is 10.7 Å². The average molecular weight is 152 g/mol. The number of aromatic nitrogens is 1. The molecule has 0 saturated carbocycles. The van der Waals surface area contributed by atoms with Gasteiger partial charge in [0.2, 0.25) is 0 Å². The van der Waals surface area contributed by atoms with Gasteiger partial charge in [-0.15, -0.1) is 0 Å². The van der Waals surface area contributed by atoms with Gasteiger partial charge in [-0.3, -0.25) is 4.79 Å². The first-order valence-electron chi connectivity index (χ1n) is 2.58. The van der Waals surface area contributed by atoms with Gasteiger partial charge in [0.25, 0.3) is 5.56 Å². The standard InChI is InChI=1S/C6H4N2OS/c7-4-10-5-2-1-3-8-6(5)9/h1-3H,(H,8,9). The lowest BCUT2D eigenvalue weighted by molar-refractivity contribution is 1.15. The van der Waals surface area contributed by atoms with Gasteiger partial charge >= 0.3 is 0 Å². The molecule has 0 fully saturated rings. The summed E-state index contributed by atoms with van der Waals surface area (Å²) in [5.74, 6) is 0. The summed E-state index contributed by atoms with van der Waals surface area (Å²) in [5.41, 5.74) is -0.214. The Morgan fingerprint density at radius 3 is 3.10 bits per heavy atom. The molecule has 0 bridgehead atoms. The van der Waals surface area contributed by atoms with E-state index in [-0.39, 0.29) is 5.56 Å². The number of nitriles is 1. The number of hydrogen-bond donors (Lipinski definition) is 1. The average Bonchev–Trinajstić information content (AvgIpc) is 1.94. The van der Waals surface area contributed by atoms with Crippen LogP contribution in [0.25, 0.3) is 0 Å². The Bertz CT molecular complexity index is 312. The molecule has 3 nitrogen and oxygen atoms in total. The van der Waals surface area contributed by atoms with Crippen LogP contribution in [0.5, 0.6) is 0 Å². The molecule has 10 heavy (non-hydrogen) atoms. The largest absolute Gasteiger partial charge is 0.328 e. The fourth-order valence-corrected chi connectivity index (χ4v) is 0.932. The molecule has 0 aromatic carbocycles. The van der Waals surface area contributed by atoms with Crippen LogP contribution in [0.4, 0.5) is 0 Å². The molecule has 0 atom stereocenters. The monoisotopic (exact) mass is 152 g/mol. The van der Waals surface area contributed by atoms with E-state index in [1.807, 2.05) is 5.40 Å². The zero-order valence-corrected chi connectivity index (χ0v) is 5.81. The zero-order valence-electron chi connectivity index (χ0n) is 5.00. The summed E-state index contributed by atoms with van der Waals surface area (Å²) in [4.78, 5) is 13.7. The van der Waals surface area contributed by atoms with Crippen molar-refractivity contribution in [1.29, 1.82) is 5.26 Å². The molecule has 1 N–H and O–H groups in total. The van der Waals surface area contributed by atoms with E-state index in [1.165, 1.54) is 6.20 Å². The minimum absolute atomic E-state index is 0.214. The maximum Gasteiger partial charge on any atom is 0.262 e. The lowest BCUT2D eigenvalue weighted by Crippen LogP contribution is -2.04. The summed E-state index contributed by atoms with van der Waals surface area (Å²) in [6.07, 6.45) is 1.53. The lowest BCUT2D eigenvalue weighted by atomic mass is 10.5. The Balaban J connectivity index is 3.07.